The molecule has 0 aromatic heterocycles. The van der Waals surface area contributed by atoms with Gasteiger partial charge < -0.3 is 28.4 Å². The smallest absolute Gasteiger partial charge is 0.310 e. The SMILES string of the molecule is C=C(OC(=O)CCC)[C@@H]1C(COC(=O)CCC)(OC(=O)CCC)OC[C@](CC)(OC(=O)CCC)[C@]1(C)OC(=O)CCC. The summed E-state index contributed by atoms with van der Waals surface area (Å²) in [5.74, 6) is -6.90. The molecule has 1 heterocycles. The highest BCUT2D eigenvalue weighted by atomic mass is 16.8. The van der Waals surface area contributed by atoms with Gasteiger partial charge in [-0.2, -0.15) is 0 Å². The van der Waals surface area contributed by atoms with Crippen LogP contribution in [0.1, 0.15) is 119 Å². The van der Waals surface area contributed by atoms with Gasteiger partial charge in [0.25, 0.3) is 5.79 Å². The molecule has 11 nitrogen and oxygen atoms in total. The van der Waals surface area contributed by atoms with E-state index in [4.69, 9.17) is 28.4 Å². The van der Waals surface area contributed by atoms with Crippen LogP contribution < -0.4 is 0 Å². The molecule has 4 atom stereocenters. The molecule has 240 valence electrons. The van der Waals surface area contributed by atoms with Crippen molar-refractivity contribution in [3.05, 3.63) is 12.3 Å². The van der Waals surface area contributed by atoms with Gasteiger partial charge in [0.15, 0.2) is 17.8 Å². The normalized spacial score (nSPS) is 25.2. The molecule has 0 spiro atoms. The number of esters is 5. The van der Waals surface area contributed by atoms with Gasteiger partial charge in [-0.3, -0.25) is 24.0 Å². The fourth-order valence-electron chi connectivity index (χ4n) is 5.08. The Bertz CT molecular complexity index is 961. The van der Waals surface area contributed by atoms with Crippen molar-refractivity contribution in [2.75, 3.05) is 13.2 Å². The molecule has 0 amide bonds. The molecule has 1 saturated heterocycles. The van der Waals surface area contributed by atoms with Crippen molar-refractivity contribution in [3.63, 3.8) is 0 Å². The van der Waals surface area contributed by atoms with Crippen molar-refractivity contribution in [2.45, 2.75) is 136 Å². The van der Waals surface area contributed by atoms with Crippen LogP contribution in [0.4, 0.5) is 0 Å². The zero-order valence-corrected chi connectivity index (χ0v) is 26.5. The van der Waals surface area contributed by atoms with Crippen molar-refractivity contribution in [1.82, 2.24) is 0 Å². The summed E-state index contributed by atoms with van der Waals surface area (Å²) >= 11 is 0. The van der Waals surface area contributed by atoms with Crippen LogP contribution in [-0.2, 0) is 52.4 Å². The number of ether oxygens (including phenoxy) is 6. The highest BCUT2D eigenvalue weighted by Crippen LogP contribution is 2.53. The summed E-state index contributed by atoms with van der Waals surface area (Å²) in [4.78, 5) is 64.4. The molecule has 11 heteroatoms. The van der Waals surface area contributed by atoms with E-state index in [0.717, 1.165) is 0 Å². The Morgan fingerprint density at radius 1 is 0.690 bits per heavy atom. The largest absolute Gasteiger partial charge is 0.459 e. The monoisotopic (exact) mass is 598 g/mol. The van der Waals surface area contributed by atoms with E-state index in [1.54, 1.807) is 34.6 Å². The molecule has 1 aliphatic heterocycles. The molecule has 0 aromatic rings. The molecule has 42 heavy (non-hydrogen) atoms. The Morgan fingerprint density at radius 3 is 1.64 bits per heavy atom. The van der Waals surface area contributed by atoms with Crippen LogP contribution in [0.2, 0.25) is 0 Å². The molecule has 0 N–H and O–H groups in total. The van der Waals surface area contributed by atoms with Crippen LogP contribution in [0.25, 0.3) is 0 Å². The average molecular weight is 599 g/mol. The fourth-order valence-corrected chi connectivity index (χ4v) is 5.08. The Kier molecular flexibility index (Phi) is 15.2. The summed E-state index contributed by atoms with van der Waals surface area (Å²) in [6.45, 7) is 15.2. The standard InChI is InChI=1S/C31H50O11/c1-9-15-23(32)37-21-31(42-27(36)19-13-5)28(22(7)39-24(33)16-10-2)29(8,40-25(34)17-11-3)30(14-6,20-38-31)41-26(35)18-12-4/h28H,7,9-21H2,1-6,8H3/t28-,29+,30-,31?/m0/s1. The second-order valence-corrected chi connectivity index (χ2v) is 10.8. The maximum Gasteiger partial charge on any atom is 0.310 e. The summed E-state index contributed by atoms with van der Waals surface area (Å²) in [7, 11) is 0. The number of carbonyl (C=O) groups excluding carboxylic acids is 5. The molecular formula is C31H50O11. The molecule has 0 saturated carbocycles. The van der Waals surface area contributed by atoms with Crippen LogP contribution in [0, 0.1) is 5.92 Å². The van der Waals surface area contributed by atoms with Crippen LogP contribution >= 0.6 is 0 Å². The van der Waals surface area contributed by atoms with Gasteiger partial charge in [0.05, 0.1) is 6.61 Å². The van der Waals surface area contributed by atoms with E-state index in [9.17, 15) is 24.0 Å². The third kappa shape index (κ3) is 9.28. The van der Waals surface area contributed by atoms with Gasteiger partial charge in [-0.05, 0) is 45.4 Å². The van der Waals surface area contributed by atoms with Crippen molar-refractivity contribution in [2.24, 2.45) is 5.92 Å². The van der Waals surface area contributed by atoms with Crippen LogP contribution in [0.5, 0.6) is 0 Å². The Labute approximate surface area is 249 Å². The summed E-state index contributed by atoms with van der Waals surface area (Å²) < 4.78 is 35.5. The summed E-state index contributed by atoms with van der Waals surface area (Å²) in [6, 6.07) is 0. The summed E-state index contributed by atoms with van der Waals surface area (Å²) in [5, 5.41) is 0. The van der Waals surface area contributed by atoms with E-state index >= 15 is 0 Å². The van der Waals surface area contributed by atoms with Gasteiger partial charge in [-0.1, -0.05) is 48.1 Å². The second kappa shape index (κ2) is 17.2. The van der Waals surface area contributed by atoms with E-state index < -0.39 is 59.4 Å². The average Bonchev–Trinajstić information content (AvgIpc) is 2.90. The van der Waals surface area contributed by atoms with Crippen molar-refractivity contribution in [1.29, 1.82) is 0 Å². The highest BCUT2D eigenvalue weighted by molar-refractivity contribution is 5.73. The second-order valence-electron chi connectivity index (χ2n) is 10.8. The lowest BCUT2D eigenvalue weighted by molar-refractivity contribution is -0.365. The number of hydrogen-bond acceptors (Lipinski definition) is 11. The lowest BCUT2D eigenvalue weighted by Crippen LogP contribution is -2.74. The van der Waals surface area contributed by atoms with Gasteiger partial charge in [0.1, 0.15) is 11.7 Å². The van der Waals surface area contributed by atoms with Crippen LogP contribution in [-0.4, -0.2) is 60.0 Å². The summed E-state index contributed by atoms with van der Waals surface area (Å²) in [6.07, 6.45) is 2.76. The first-order valence-corrected chi connectivity index (χ1v) is 15.2. The van der Waals surface area contributed by atoms with Gasteiger partial charge in [-0.15, -0.1) is 0 Å². The Morgan fingerprint density at radius 2 is 1.14 bits per heavy atom. The van der Waals surface area contributed by atoms with Gasteiger partial charge >= 0.3 is 29.8 Å². The lowest BCUT2D eigenvalue weighted by atomic mass is 9.67. The molecule has 1 fully saturated rings. The van der Waals surface area contributed by atoms with Crippen molar-refractivity contribution < 1.29 is 52.4 Å². The van der Waals surface area contributed by atoms with Crippen molar-refractivity contribution in [3.8, 4) is 0 Å². The Hall–Kier alpha value is -2.95. The quantitative estimate of drug-likeness (QED) is 0.113. The minimum atomic E-state index is -2.13. The molecule has 0 aliphatic carbocycles. The van der Waals surface area contributed by atoms with Crippen molar-refractivity contribution >= 4 is 29.8 Å². The molecule has 0 aromatic carbocycles. The predicted molar refractivity (Wildman–Crippen MR) is 153 cm³/mol. The van der Waals surface area contributed by atoms with E-state index in [-0.39, 0.29) is 50.9 Å². The molecular weight excluding hydrogens is 548 g/mol. The number of carbonyl (C=O) groups is 5. The van der Waals surface area contributed by atoms with Gasteiger partial charge in [0.2, 0.25) is 0 Å². The minimum Gasteiger partial charge on any atom is -0.459 e. The lowest BCUT2D eigenvalue weighted by Gasteiger charge is -2.58. The Balaban J connectivity index is 3.99. The molecule has 1 aliphatic rings. The van der Waals surface area contributed by atoms with Crippen LogP contribution in [0.3, 0.4) is 0 Å². The molecule has 1 rings (SSSR count). The van der Waals surface area contributed by atoms with E-state index in [2.05, 4.69) is 6.58 Å². The van der Waals surface area contributed by atoms with Crippen LogP contribution in [0.15, 0.2) is 12.3 Å². The molecule has 0 bridgehead atoms. The van der Waals surface area contributed by atoms with E-state index in [0.29, 0.717) is 32.1 Å². The maximum atomic E-state index is 13.2. The third-order valence-electron chi connectivity index (χ3n) is 7.21. The maximum absolute atomic E-state index is 13.2. The molecule has 0 radical (unpaired) electrons. The number of hydrogen-bond donors (Lipinski definition) is 0. The zero-order valence-electron chi connectivity index (χ0n) is 26.5. The highest BCUT2D eigenvalue weighted by Gasteiger charge is 2.71. The fraction of sp³-hybridized carbons (Fsp3) is 0.774. The first-order chi connectivity index (χ1) is 19.8. The zero-order chi connectivity index (χ0) is 32.0. The number of rotatable bonds is 18. The topological polar surface area (TPSA) is 141 Å². The first kappa shape index (κ1) is 37.1. The first-order valence-electron chi connectivity index (χ1n) is 15.2. The van der Waals surface area contributed by atoms with Gasteiger partial charge in [-0.25, -0.2) is 0 Å². The predicted octanol–water partition coefficient (Wildman–Crippen LogP) is 5.47. The molecule has 1 unspecified atom stereocenters. The minimum absolute atomic E-state index is 0.000418. The van der Waals surface area contributed by atoms with Gasteiger partial charge in [0, 0.05) is 32.1 Å². The van der Waals surface area contributed by atoms with E-state index in [1.807, 2.05) is 6.92 Å². The summed E-state index contributed by atoms with van der Waals surface area (Å²) in [5.41, 5.74) is -3.45. The van der Waals surface area contributed by atoms with E-state index in [1.165, 1.54) is 6.92 Å². The third-order valence-corrected chi connectivity index (χ3v) is 7.21.